The molecule has 3 unspecified atom stereocenters. The molecule has 1 aliphatic heterocycles. The van der Waals surface area contributed by atoms with E-state index >= 15 is 0 Å². The summed E-state index contributed by atoms with van der Waals surface area (Å²) >= 11 is 0. The van der Waals surface area contributed by atoms with Gasteiger partial charge in [-0.25, -0.2) is 0 Å². The standard InChI is InChI=1S/C14H30N2/c1-7-12-10-13(16(12)8-2)9-11(3)15-14(4,5)6/h11-13,15H,7-10H2,1-6H3. The fourth-order valence-corrected chi connectivity index (χ4v) is 3.10. The van der Waals surface area contributed by atoms with Crippen LogP contribution < -0.4 is 5.32 Å². The highest BCUT2D eigenvalue weighted by atomic mass is 15.2. The third kappa shape index (κ3) is 3.74. The minimum Gasteiger partial charge on any atom is -0.310 e. The van der Waals surface area contributed by atoms with Gasteiger partial charge in [0.05, 0.1) is 0 Å². The molecule has 0 spiro atoms. The van der Waals surface area contributed by atoms with Gasteiger partial charge in [-0.15, -0.1) is 0 Å². The summed E-state index contributed by atoms with van der Waals surface area (Å²) in [6.45, 7) is 14.9. The van der Waals surface area contributed by atoms with Crippen molar-refractivity contribution in [2.24, 2.45) is 0 Å². The summed E-state index contributed by atoms with van der Waals surface area (Å²) in [5, 5.41) is 3.67. The third-order valence-electron chi connectivity index (χ3n) is 3.62. The lowest BCUT2D eigenvalue weighted by Gasteiger charge is -2.49. The van der Waals surface area contributed by atoms with E-state index in [1.807, 2.05) is 0 Å². The molecule has 1 heterocycles. The fourth-order valence-electron chi connectivity index (χ4n) is 3.10. The molecule has 0 bridgehead atoms. The van der Waals surface area contributed by atoms with E-state index in [0.29, 0.717) is 6.04 Å². The third-order valence-corrected chi connectivity index (χ3v) is 3.62. The number of nitrogens with one attached hydrogen (secondary N) is 1. The van der Waals surface area contributed by atoms with E-state index in [2.05, 4.69) is 51.8 Å². The minimum absolute atomic E-state index is 0.240. The van der Waals surface area contributed by atoms with Gasteiger partial charge in [0.2, 0.25) is 0 Å². The predicted octanol–water partition coefficient (Wildman–Crippen LogP) is 3.03. The maximum atomic E-state index is 3.67. The van der Waals surface area contributed by atoms with Crippen molar-refractivity contribution in [1.29, 1.82) is 0 Å². The zero-order chi connectivity index (χ0) is 12.3. The Bertz CT molecular complexity index is 207. The lowest BCUT2D eigenvalue weighted by atomic mass is 9.86. The van der Waals surface area contributed by atoms with Gasteiger partial charge in [-0.1, -0.05) is 13.8 Å². The first kappa shape index (κ1) is 14.0. The summed E-state index contributed by atoms with van der Waals surface area (Å²) in [6, 6.07) is 2.30. The van der Waals surface area contributed by atoms with E-state index in [0.717, 1.165) is 12.1 Å². The molecule has 0 aromatic carbocycles. The number of likely N-dealkylation sites (tertiary alicyclic amines) is 1. The van der Waals surface area contributed by atoms with Gasteiger partial charge < -0.3 is 5.32 Å². The summed E-state index contributed by atoms with van der Waals surface area (Å²) in [7, 11) is 0. The van der Waals surface area contributed by atoms with E-state index in [1.165, 1.54) is 25.8 Å². The van der Waals surface area contributed by atoms with Crippen molar-refractivity contribution in [3.63, 3.8) is 0 Å². The molecule has 16 heavy (non-hydrogen) atoms. The average molecular weight is 226 g/mol. The van der Waals surface area contributed by atoms with Crippen LogP contribution in [-0.2, 0) is 0 Å². The van der Waals surface area contributed by atoms with Crippen LogP contribution in [0.3, 0.4) is 0 Å². The number of nitrogens with zero attached hydrogens (tertiary/aromatic N) is 1. The van der Waals surface area contributed by atoms with Gasteiger partial charge in [-0.05, 0) is 53.5 Å². The molecule has 1 rings (SSSR count). The van der Waals surface area contributed by atoms with Crippen molar-refractivity contribution in [3.8, 4) is 0 Å². The van der Waals surface area contributed by atoms with Crippen LogP contribution in [0.1, 0.15) is 60.8 Å². The van der Waals surface area contributed by atoms with Crippen LogP contribution in [0.25, 0.3) is 0 Å². The molecule has 2 nitrogen and oxygen atoms in total. The molecule has 1 aliphatic rings. The molecule has 0 amide bonds. The summed E-state index contributed by atoms with van der Waals surface area (Å²) in [5.74, 6) is 0. The zero-order valence-electron chi connectivity index (χ0n) is 12.0. The van der Waals surface area contributed by atoms with Crippen molar-refractivity contribution in [2.45, 2.75) is 84.5 Å². The smallest absolute Gasteiger partial charge is 0.0128 e. The molecule has 0 saturated carbocycles. The van der Waals surface area contributed by atoms with Gasteiger partial charge in [0.15, 0.2) is 0 Å². The quantitative estimate of drug-likeness (QED) is 0.775. The molecule has 1 saturated heterocycles. The van der Waals surface area contributed by atoms with Crippen molar-refractivity contribution in [2.75, 3.05) is 6.54 Å². The molecule has 0 aromatic heterocycles. The van der Waals surface area contributed by atoms with Crippen LogP contribution in [0.5, 0.6) is 0 Å². The van der Waals surface area contributed by atoms with Gasteiger partial charge in [0, 0.05) is 23.7 Å². The lowest BCUT2D eigenvalue weighted by Crippen LogP contribution is -2.57. The normalized spacial score (nSPS) is 28.9. The molecule has 96 valence electrons. The van der Waals surface area contributed by atoms with Crippen molar-refractivity contribution >= 4 is 0 Å². The first-order chi connectivity index (χ1) is 7.37. The van der Waals surface area contributed by atoms with Crippen molar-refractivity contribution < 1.29 is 0 Å². The van der Waals surface area contributed by atoms with Crippen molar-refractivity contribution in [1.82, 2.24) is 10.2 Å². The van der Waals surface area contributed by atoms with Gasteiger partial charge >= 0.3 is 0 Å². The zero-order valence-corrected chi connectivity index (χ0v) is 12.0. The maximum Gasteiger partial charge on any atom is 0.0128 e. The summed E-state index contributed by atoms with van der Waals surface area (Å²) in [6.07, 6.45) is 4.01. The first-order valence-electron chi connectivity index (χ1n) is 6.90. The number of hydrogen-bond acceptors (Lipinski definition) is 2. The second kappa shape index (κ2) is 5.50. The Morgan fingerprint density at radius 2 is 1.88 bits per heavy atom. The molecule has 2 heteroatoms. The van der Waals surface area contributed by atoms with Gasteiger partial charge in [0.1, 0.15) is 0 Å². The fraction of sp³-hybridized carbons (Fsp3) is 1.00. The van der Waals surface area contributed by atoms with Gasteiger partial charge in [-0.3, -0.25) is 4.90 Å². The Balaban J connectivity index is 2.33. The van der Waals surface area contributed by atoms with E-state index in [1.54, 1.807) is 0 Å². The van der Waals surface area contributed by atoms with E-state index < -0.39 is 0 Å². The molecule has 3 atom stereocenters. The Morgan fingerprint density at radius 3 is 2.31 bits per heavy atom. The van der Waals surface area contributed by atoms with Crippen molar-refractivity contribution in [3.05, 3.63) is 0 Å². The summed E-state index contributed by atoms with van der Waals surface area (Å²) < 4.78 is 0. The highest BCUT2D eigenvalue weighted by Gasteiger charge is 2.36. The molecular weight excluding hydrogens is 196 g/mol. The van der Waals surface area contributed by atoms with Gasteiger partial charge in [-0.2, -0.15) is 0 Å². The van der Waals surface area contributed by atoms with Crippen LogP contribution in [-0.4, -0.2) is 35.1 Å². The van der Waals surface area contributed by atoms with Crippen LogP contribution in [0.15, 0.2) is 0 Å². The maximum absolute atomic E-state index is 3.67. The molecular formula is C14H30N2. The molecule has 0 aliphatic carbocycles. The van der Waals surface area contributed by atoms with E-state index in [4.69, 9.17) is 0 Å². The van der Waals surface area contributed by atoms with Crippen LogP contribution in [0, 0.1) is 0 Å². The molecule has 0 radical (unpaired) electrons. The monoisotopic (exact) mass is 226 g/mol. The second-order valence-electron chi connectivity index (χ2n) is 6.31. The Labute approximate surface area is 102 Å². The molecule has 1 N–H and O–H groups in total. The van der Waals surface area contributed by atoms with Crippen LogP contribution in [0.4, 0.5) is 0 Å². The second-order valence-corrected chi connectivity index (χ2v) is 6.31. The molecule has 0 aromatic rings. The Kier molecular flexibility index (Phi) is 4.81. The first-order valence-corrected chi connectivity index (χ1v) is 6.90. The highest BCUT2D eigenvalue weighted by Crippen LogP contribution is 2.30. The number of rotatable bonds is 5. The summed E-state index contributed by atoms with van der Waals surface area (Å²) in [4.78, 5) is 2.67. The van der Waals surface area contributed by atoms with E-state index in [9.17, 15) is 0 Å². The lowest BCUT2D eigenvalue weighted by molar-refractivity contribution is 0.00740. The highest BCUT2D eigenvalue weighted by molar-refractivity contribution is 4.93. The van der Waals surface area contributed by atoms with Crippen LogP contribution >= 0.6 is 0 Å². The minimum atomic E-state index is 0.240. The Hall–Kier alpha value is -0.0800. The van der Waals surface area contributed by atoms with Crippen LogP contribution in [0.2, 0.25) is 0 Å². The van der Waals surface area contributed by atoms with E-state index in [-0.39, 0.29) is 5.54 Å². The average Bonchev–Trinajstić information content (AvgIpc) is 2.09. The largest absolute Gasteiger partial charge is 0.310 e. The SMILES string of the molecule is CCC1CC(CC(C)NC(C)(C)C)N1CC. The summed E-state index contributed by atoms with van der Waals surface area (Å²) in [5.41, 5.74) is 0.240. The Morgan fingerprint density at radius 1 is 1.25 bits per heavy atom. The number of hydrogen-bond donors (Lipinski definition) is 1. The molecule has 1 fully saturated rings. The van der Waals surface area contributed by atoms with Gasteiger partial charge in [0.25, 0.3) is 0 Å². The predicted molar refractivity (Wildman–Crippen MR) is 71.8 cm³/mol. The topological polar surface area (TPSA) is 15.3 Å².